The number of nitrogens with zero attached hydrogens (tertiary/aromatic N) is 1. The Labute approximate surface area is 167 Å². The Bertz CT molecular complexity index is 880. The molecule has 0 radical (unpaired) electrons. The van der Waals surface area contributed by atoms with E-state index in [-0.39, 0.29) is 11.4 Å². The smallest absolute Gasteiger partial charge is 0.287 e. The zero-order valence-electron chi connectivity index (χ0n) is 16.8. The second kappa shape index (κ2) is 8.89. The number of rotatable bonds is 7. The Kier molecular flexibility index (Phi) is 6.32. The number of carbonyl (C=O) groups is 1. The second-order valence-corrected chi connectivity index (χ2v) is 7.95. The fourth-order valence-electron chi connectivity index (χ4n) is 2.97. The fourth-order valence-corrected chi connectivity index (χ4v) is 2.97. The molecule has 0 aliphatic carbocycles. The van der Waals surface area contributed by atoms with Crippen LogP contribution in [0.5, 0.6) is 0 Å². The quantitative estimate of drug-likeness (QED) is 0.630. The van der Waals surface area contributed by atoms with Crippen molar-refractivity contribution in [3.05, 3.63) is 95.4 Å². The summed E-state index contributed by atoms with van der Waals surface area (Å²) in [6.45, 7) is 8.51. The van der Waals surface area contributed by atoms with Crippen LogP contribution in [-0.4, -0.2) is 16.3 Å². The molecule has 0 unspecified atom stereocenters. The average molecular weight is 377 g/mol. The molecule has 28 heavy (non-hydrogen) atoms. The van der Waals surface area contributed by atoms with Crippen LogP contribution < -0.4 is 5.32 Å². The van der Waals surface area contributed by atoms with E-state index in [1.807, 2.05) is 42.5 Å². The third-order valence-electron chi connectivity index (χ3n) is 4.69. The third kappa shape index (κ3) is 5.57. The lowest BCUT2D eigenvalue weighted by atomic mass is 10.0. The van der Waals surface area contributed by atoms with Crippen LogP contribution in [-0.2, 0) is 19.6 Å². The summed E-state index contributed by atoms with van der Waals surface area (Å²) < 4.78 is 5.84. The molecule has 146 valence electrons. The van der Waals surface area contributed by atoms with Crippen molar-refractivity contribution in [3.8, 4) is 0 Å². The first-order valence-corrected chi connectivity index (χ1v) is 9.61. The third-order valence-corrected chi connectivity index (χ3v) is 4.69. The number of furan rings is 1. The number of nitrogens with one attached hydrogen (secondary N) is 1. The topological polar surface area (TPSA) is 45.5 Å². The summed E-state index contributed by atoms with van der Waals surface area (Å²) >= 11 is 0. The molecular weight excluding hydrogens is 348 g/mol. The molecule has 3 aromatic rings. The maximum atomic E-state index is 12.4. The van der Waals surface area contributed by atoms with Gasteiger partial charge in [-0.15, -0.1) is 0 Å². The van der Waals surface area contributed by atoms with Gasteiger partial charge in [-0.05, 0) is 44.0 Å². The molecule has 1 amide bonds. The number of carbonyl (C=O) groups excluding carboxylic acids is 1. The van der Waals surface area contributed by atoms with Gasteiger partial charge in [0.05, 0.1) is 6.54 Å². The highest BCUT2D eigenvalue weighted by atomic mass is 16.4. The Morgan fingerprint density at radius 1 is 0.857 bits per heavy atom. The van der Waals surface area contributed by atoms with Gasteiger partial charge in [0.25, 0.3) is 5.91 Å². The van der Waals surface area contributed by atoms with Crippen molar-refractivity contribution in [2.24, 2.45) is 0 Å². The van der Waals surface area contributed by atoms with E-state index in [4.69, 9.17) is 4.42 Å². The minimum Gasteiger partial charge on any atom is -0.455 e. The Morgan fingerprint density at radius 3 is 2.07 bits per heavy atom. The van der Waals surface area contributed by atoms with Gasteiger partial charge in [-0.3, -0.25) is 9.69 Å². The minimum absolute atomic E-state index is 0.0294. The summed E-state index contributed by atoms with van der Waals surface area (Å²) in [4.78, 5) is 14.7. The molecule has 0 saturated carbocycles. The van der Waals surface area contributed by atoms with E-state index < -0.39 is 0 Å². The van der Waals surface area contributed by atoms with Crippen LogP contribution in [0.3, 0.4) is 0 Å². The molecule has 0 aliphatic rings. The van der Waals surface area contributed by atoms with Gasteiger partial charge in [0.15, 0.2) is 5.76 Å². The Morgan fingerprint density at radius 2 is 1.46 bits per heavy atom. The average Bonchev–Trinajstić information content (AvgIpc) is 3.15. The van der Waals surface area contributed by atoms with Crippen LogP contribution in [0.25, 0.3) is 0 Å². The van der Waals surface area contributed by atoms with Crippen molar-refractivity contribution in [2.45, 2.75) is 45.9 Å². The van der Waals surface area contributed by atoms with E-state index in [1.54, 1.807) is 6.07 Å². The summed E-state index contributed by atoms with van der Waals surface area (Å²) in [6.07, 6.45) is 0. The standard InChI is InChI=1S/C24H28N2O2/c1-24(2,3)26(17-20-12-8-5-9-13-20)18-21-14-15-22(28-21)23(27)25-16-19-10-6-4-7-11-19/h4-15H,16-18H2,1-3H3,(H,25,27). The second-order valence-electron chi connectivity index (χ2n) is 7.95. The molecule has 0 atom stereocenters. The van der Waals surface area contributed by atoms with Crippen LogP contribution in [0.15, 0.2) is 77.2 Å². The number of hydrogen-bond donors (Lipinski definition) is 1. The number of amides is 1. The van der Waals surface area contributed by atoms with Gasteiger partial charge in [0.2, 0.25) is 0 Å². The molecule has 0 aliphatic heterocycles. The first-order valence-electron chi connectivity index (χ1n) is 9.61. The largest absolute Gasteiger partial charge is 0.455 e. The first-order chi connectivity index (χ1) is 13.4. The molecule has 1 heterocycles. The van der Waals surface area contributed by atoms with E-state index in [0.717, 1.165) is 17.9 Å². The first kappa shape index (κ1) is 19.9. The highest BCUT2D eigenvalue weighted by Crippen LogP contribution is 2.21. The van der Waals surface area contributed by atoms with Crippen molar-refractivity contribution in [1.82, 2.24) is 10.2 Å². The van der Waals surface area contributed by atoms with Gasteiger partial charge in [0.1, 0.15) is 5.76 Å². The maximum Gasteiger partial charge on any atom is 0.287 e. The normalized spacial score (nSPS) is 11.6. The predicted molar refractivity (Wildman–Crippen MR) is 112 cm³/mol. The molecular formula is C24H28N2O2. The van der Waals surface area contributed by atoms with Crippen molar-refractivity contribution >= 4 is 5.91 Å². The van der Waals surface area contributed by atoms with Gasteiger partial charge in [-0.25, -0.2) is 0 Å². The van der Waals surface area contributed by atoms with Crippen LogP contribution in [0.4, 0.5) is 0 Å². The van der Waals surface area contributed by atoms with Crippen LogP contribution >= 0.6 is 0 Å². The highest BCUT2D eigenvalue weighted by molar-refractivity contribution is 5.91. The van der Waals surface area contributed by atoms with E-state index in [0.29, 0.717) is 18.8 Å². The van der Waals surface area contributed by atoms with Gasteiger partial charge < -0.3 is 9.73 Å². The molecule has 1 aromatic heterocycles. The molecule has 2 aromatic carbocycles. The summed E-state index contributed by atoms with van der Waals surface area (Å²) in [5.74, 6) is 0.940. The van der Waals surface area contributed by atoms with Crippen LogP contribution in [0.1, 0.15) is 48.2 Å². The molecule has 3 rings (SSSR count). The van der Waals surface area contributed by atoms with Crippen LogP contribution in [0, 0.1) is 0 Å². The lowest BCUT2D eigenvalue weighted by Gasteiger charge is -2.35. The Hall–Kier alpha value is -2.85. The minimum atomic E-state index is -0.194. The molecule has 0 spiro atoms. The number of hydrogen-bond acceptors (Lipinski definition) is 3. The lowest BCUT2D eigenvalue weighted by Crippen LogP contribution is -2.40. The van der Waals surface area contributed by atoms with Crippen molar-refractivity contribution in [2.75, 3.05) is 0 Å². The molecule has 4 nitrogen and oxygen atoms in total. The van der Waals surface area contributed by atoms with Crippen molar-refractivity contribution < 1.29 is 9.21 Å². The molecule has 1 N–H and O–H groups in total. The molecule has 0 fully saturated rings. The predicted octanol–water partition coefficient (Wildman–Crippen LogP) is 5.01. The van der Waals surface area contributed by atoms with E-state index >= 15 is 0 Å². The summed E-state index contributed by atoms with van der Waals surface area (Å²) in [7, 11) is 0. The number of benzene rings is 2. The SMILES string of the molecule is CC(C)(C)N(Cc1ccccc1)Cc1ccc(C(=O)NCc2ccccc2)o1. The zero-order valence-corrected chi connectivity index (χ0v) is 16.8. The summed E-state index contributed by atoms with van der Waals surface area (Å²) in [6, 6.07) is 23.9. The molecule has 0 saturated heterocycles. The molecule has 4 heteroatoms. The van der Waals surface area contributed by atoms with Gasteiger partial charge in [-0.2, -0.15) is 0 Å². The molecule has 0 bridgehead atoms. The van der Waals surface area contributed by atoms with E-state index in [9.17, 15) is 4.79 Å². The Balaban J connectivity index is 1.63. The van der Waals surface area contributed by atoms with Gasteiger partial charge >= 0.3 is 0 Å². The summed E-state index contributed by atoms with van der Waals surface area (Å²) in [5.41, 5.74) is 2.28. The highest BCUT2D eigenvalue weighted by Gasteiger charge is 2.23. The van der Waals surface area contributed by atoms with Crippen molar-refractivity contribution in [1.29, 1.82) is 0 Å². The lowest BCUT2D eigenvalue weighted by molar-refractivity contribution is 0.0903. The van der Waals surface area contributed by atoms with E-state index in [2.05, 4.69) is 55.3 Å². The van der Waals surface area contributed by atoms with Crippen LogP contribution in [0.2, 0.25) is 0 Å². The summed E-state index contributed by atoms with van der Waals surface area (Å²) in [5, 5.41) is 2.91. The van der Waals surface area contributed by atoms with Gasteiger partial charge in [0, 0.05) is 18.6 Å². The monoisotopic (exact) mass is 376 g/mol. The fraction of sp³-hybridized carbons (Fsp3) is 0.292. The zero-order chi connectivity index (χ0) is 20.0. The van der Waals surface area contributed by atoms with Gasteiger partial charge in [-0.1, -0.05) is 60.7 Å². The van der Waals surface area contributed by atoms with Crippen molar-refractivity contribution in [3.63, 3.8) is 0 Å². The van der Waals surface area contributed by atoms with E-state index in [1.165, 1.54) is 5.56 Å². The maximum absolute atomic E-state index is 12.4.